The number of halogens is 1. The molecule has 2 N–H and O–H groups in total. The fourth-order valence-electron chi connectivity index (χ4n) is 2.94. The Hall–Kier alpha value is -1.07. The van der Waals surface area contributed by atoms with Gasteiger partial charge in [0.15, 0.2) is 0 Å². The normalized spacial score (nSPS) is 16.6. The van der Waals surface area contributed by atoms with E-state index >= 15 is 0 Å². The summed E-state index contributed by atoms with van der Waals surface area (Å²) in [5.41, 5.74) is 6.84. The summed E-state index contributed by atoms with van der Waals surface area (Å²) in [5, 5.41) is 0.973. The number of carbonyl (C=O) groups is 1. The molecule has 1 aliphatic rings. The highest BCUT2D eigenvalue weighted by Crippen LogP contribution is 2.36. The van der Waals surface area contributed by atoms with E-state index in [0.29, 0.717) is 10.6 Å². The van der Waals surface area contributed by atoms with E-state index in [1.165, 1.54) is 17.8 Å². The fraction of sp³-hybridized carbons (Fsp3) is 0.438. The van der Waals surface area contributed by atoms with Crippen molar-refractivity contribution < 1.29 is 4.79 Å². The standard InChI is InChI=1S/C16H19BrN2OS/c1-2-10-5-7-19(8-6-10)16(20)15-14(18)12-9-11(17)3-4-13(12)21-15/h3-4,9-10H,2,5-8,18H2,1H3. The second kappa shape index (κ2) is 5.97. The molecule has 1 aromatic heterocycles. The minimum absolute atomic E-state index is 0.0966. The van der Waals surface area contributed by atoms with Crippen LogP contribution in [0.4, 0.5) is 5.69 Å². The van der Waals surface area contributed by atoms with Crippen LogP contribution in [0, 0.1) is 5.92 Å². The molecule has 0 aliphatic carbocycles. The minimum atomic E-state index is 0.0966. The van der Waals surface area contributed by atoms with Crippen molar-refractivity contribution in [3.63, 3.8) is 0 Å². The maximum absolute atomic E-state index is 12.7. The van der Waals surface area contributed by atoms with Crippen LogP contribution in [0.25, 0.3) is 10.1 Å². The highest BCUT2D eigenvalue weighted by Gasteiger charge is 2.26. The molecule has 2 aromatic rings. The molecule has 1 aliphatic heterocycles. The van der Waals surface area contributed by atoms with Gasteiger partial charge in [0, 0.05) is 27.6 Å². The first kappa shape index (κ1) is 14.9. The molecule has 1 saturated heterocycles. The number of hydrogen-bond acceptors (Lipinski definition) is 3. The molecule has 1 fully saturated rings. The van der Waals surface area contributed by atoms with E-state index in [1.54, 1.807) is 0 Å². The summed E-state index contributed by atoms with van der Waals surface area (Å²) in [4.78, 5) is 15.4. The Bertz CT molecular complexity index is 674. The zero-order valence-corrected chi connectivity index (χ0v) is 14.5. The van der Waals surface area contributed by atoms with Gasteiger partial charge in [-0.2, -0.15) is 0 Å². The van der Waals surface area contributed by atoms with Gasteiger partial charge in [-0.25, -0.2) is 0 Å². The highest BCUT2D eigenvalue weighted by molar-refractivity contribution is 9.10. The van der Waals surface area contributed by atoms with E-state index in [0.717, 1.165) is 46.4 Å². The lowest BCUT2D eigenvalue weighted by atomic mass is 9.94. The van der Waals surface area contributed by atoms with Crippen LogP contribution in [0.15, 0.2) is 22.7 Å². The largest absolute Gasteiger partial charge is 0.397 e. The number of piperidine rings is 1. The van der Waals surface area contributed by atoms with Gasteiger partial charge in [0.2, 0.25) is 0 Å². The third-order valence-corrected chi connectivity index (χ3v) is 6.03. The predicted molar refractivity (Wildman–Crippen MR) is 92.9 cm³/mol. The van der Waals surface area contributed by atoms with Gasteiger partial charge in [-0.05, 0) is 37.0 Å². The van der Waals surface area contributed by atoms with Crippen LogP contribution in [-0.2, 0) is 0 Å². The molecule has 112 valence electrons. The molecule has 1 aromatic carbocycles. The minimum Gasteiger partial charge on any atom is -0.397 e. The number of nitrogens with zero attached hydrogens (tertiary/aromatic N) is 1. The maximum Gasteiger partial charge on any atom is 0.266 e. The lowest BCUT2D eigenvalue weighted by Crippen LogP contribution is -2.38. The monoisotopic (exact) mass is 366 g/mol. The van der Waals surface area contributed by atoms with Gasteiger partial charge < -0.3 is 10.6 Å². The zero-order chi connectivity index (χ0) is 15.0. The topological polar surface area (TPSA) is 46.3 Å². The third kappa shape index (κ3) is 2.81. The van der Waals surface area contributed by atoms with E-state index in [2.05, 4.69) is 22.9 Å². The summed E-state index contributed by atoms with van der Waals surface area (Å²) in [7, 11) is 0. The maximum atomic E-state index is 12.7. The van der Waals surface area contributed by atoms with Crippen LogP contribution in [-0.4, -0.2) is 23.9 Å². The van der Waals surface area contributed by atoms with Crippen molar-refractivity contribution >= 4 is 48.9 Å². The van der Waals surface area contributed by atoms with Crippen molar-refractivity contribution in [1.82, 2.24) is 4.90 Å². The molecule has 0 atom stereocenters. The van der Waals surface area contributed by atoms with E-state index in [-0.39, 0.29) is 5.91 Å². The Morgan fingerprint density at radius 1 is 1.43 bits per heavy atom. The average molecular weight is 367 g/mol. The summed E-state index contributed by atoms with van der Waals surface area (Å²) in [5.74, 6) is 0.865. The molecule has 0 spiro atoms. The lowest BCUT2D eigenvalue weighted by Gasteiger charge is -2.31. The molecule has 2 heterocycles. The SMILES string of the molecule is CCC1CCN(C(=O)c2sc3ccc(Br)cc3c2N)CC1. The van der Waals surface area contributed by atoms with E-state index in [4.69, 9.17) is 5.73 Å². The van der Waals surface area contributed by atoms with Gasteiger partial charge in [-0.1, -0.05) is 29.3 Å². The van der Waals surface area contributed by atoms with Crippen LogP contribution in [0.2, 0.25) is 0 Å². The highest BCUT2D eigenvalue weighted by atomic mass is 79.9. The number of nitrogen functional groups attached to an aromatic ring is 1. The van der Waals surface area contributed by atoms with Crippen molar-refractivity contribution in [2.45, 2.75) is 26.2 Å². The fourth-order valence-corrected chi connectivity index (χ4v) is 4.37. The molecule has 0 bridgehead atoms. The number of likely N-dealkylation sites (tertiary alicyclic amines) is 1. The summed E-state index contributed by atoms with van der Waals surface area (Å²) in [6.07, 6.45) is 3.43. The molecule has 3 nitrogen and oxygen atoms in total. The average Bonchev–Trinajstić information content (AvgIpc) is 2.83. The molecule has 3 rings (SSSR count). The van der Waals surface area contributed by atoms with Gasteiger partial charge in [0.25, 0.3) is 5.91 Å². The van der Waals surface area contributed by atoms with Gasteiger partial charge in [0.05, 0.1) is 5.69 Å². The number of anilines is 1. The number of fused-ring (bicyclic) bond motifs is 1. The molecule has 1 amide bonds. The third-order valence-electron chi connectivity index (χ3n) is 4.36. The number of amides is 1. The zero-order valence-electron chi connectivity index (χ0n) is 12.1. The van der Waals surface area contributed by atoms with Crippen LogP contribution >= 0.6 is 27.3 Å². The summed E-state index contributed by atoms with van der Waals surface area (Å²) >= 11 is 4.96. The number of benzene rings is 1. The molecule has 0 unspecified atom stereocenters. The number of thiophene rings is 1. The first-order chi connectivity index (χ1) is 10.1. The first-order valence-corrected chi connectivity index (χ1v) is 8.98. The van der Waals surface area contributed by atoms with Crippen molar-refractivity contribution in [3.05, 3.63) is 27.5 Å². The molecular formula is C16H19BrN2OS. The number of nitrogens with two attached hydrogens (primary N) is 1. The van der Waals surface area contributed by atoms with Crippen LogP contribution in [0.1, 0.15) is 35.9 Å². The van der Waals surface area contributed by atoms with Gasteiger partial charge in [0.1, 0.15) is 4.88 Å². The molecule has 0 radical (unpaired) electrons. The quantitative estimate of drug-likeness (QED) is 0.849. The van der Waals surface area contributed by atoms with Gasteiger partial charge in [-0.3, -0.25) is 4.79 Å². The van der Waals surface area contributed by atoms with Crippen LogP contribution in [0.5, 0.6) is 0 Å². The first-order valence-electron chi connectivity index (χ1n) is 7.37. The van der Waals surface area contributed by atoms with Gasteiger partial charge >= 0.3 is 0 Å². The summed E-state index contributed by atoms with van der Waals surface area (Å²) in [6, 6.07) is 5.99. The number of rotatable bonds is 2. The Morgan fingerprint density at radius 3 is 2.81 bits per heavy atom. The van der Waals surface area contributed by atoms with E-state index < -0.39 is 0 Å². The lowest BCUT2D eigenvalue weighted by molar-refractivity contribution is 0.0695. The van der Waals surface area contributed by atoms with Crippen molar-refractivity contribution in [1.29, 1.82) is 0 Å². The van der Waals surface area contributed by atoms with Crippen molar-refractivity contribution in [2.24, 2.45) is 5.92 Å². The Labute approximate surface area is 137 Å². The summed E-state index contributed by atoms with van der Waals surface area (Å²) in [6.45, 7) is 3.94. The van der Waals surface area contributed by atoms with E-state index in [1.807, 2.05) is 23.1 Å². The molecule has 0 saturated carbocycles. The summed E-state index contributed by atoms with van der Waals surface area (Å²) < 4.78 is 2.06. The molecular weight excluding hydrogens is 348 g/mol. The second-order valence-electron chi connectivity index (χ2n) is 5.63. The molecule has 21 heavy (non-hydrogen) atoms. The van der Waals surface area contributed by atoms with Crippen molar-refractivity contribution in [2.75, 3.05) is 18.8 Å². The Kier molecular flexibility index (Phi) is 4.22. The smallest absolute Gasteiger partial charge is 0.266 e. The second-order valence-corrected chi connectivity index (χ2v) is 7.60. The molecule has 5 heteroatoms. The Balaban J connectivity index is 1.87. The number of carbonyl (C=O) groups excluding carboxylic acids is 1. The van der Waals surface area contributed by atoms with Crippen LogP contribution < -0.4 is 5.73 Å². The van der Waals surface area contributed by atoms with Crippen molar-refractivity contribution in [3.8, 4) is 0 Å². The van der Waals surface area contributed by atoms with Crippen LogP contribution in [0.3, 0.4) is 0 Å². The predicted octanol–water partition coefficient (Wildman–Crippen LogP) is 4.51. The van der Waals surface area contributed by atoms with Gasteiger partial charge in [-0.15, -0.1) is 11.3 Å². The Morgan fingerprint density at radius 2 is 2.14 bits per heavy atom. The van der Waals surface area contributed by atoms with E-state index in [9.17, 15) is 4.79 Å². The number of hydrogen-bond donors (Lipinski definition) is 1.